The summed E-state index contributed by atoms with van der Waals surface area (Å²) in [4.78, 5) is 12.8. The Labute approximate surface area is 149 Å². The second kappa shape index (κ2) is 7.85. The Hall–Kier alpha value is -1.44. The molecule has 138 valence electrons. The van der Waals surface area contributed by atoms with Crippen molar-refractivity contribution >= 4 is 15.9 Å². The van der Waals surface area contributed by atoms with E-state index in [4.69, 9.17) is 4.74 Å². The molecule has 1 aliphatic heterocycles. The third-order valence-electron chi connectivity index (χ3n) is 4.98. The number of aryl methyl sites for hydroxylation is 1. The lowest BCUT2D eigenvalue weighted by Gasteiger charge is -2.27. The summed E-state index contributed by atoms with van der Waals surface area (Å²) in [5.74, 6) is -0.190. The SMILES string of the molecule is Cc1ccc(C(=O)NC2CCCCC2)cc1S(=O)(=O)N1CCOCC1. The standard InChI is InChI=1S/C18H26N2O4S/c1-14-7-8-15(18(21)19-16-5-3-2-4-6-16)13-17(14)25(22,23)20-9-11-24-12-10-20/h7-8,13,16H,2-6,9-12H2,1H3,(H,19,21). The van der Waals surface area contributed by atoms with Gasteiger partial charge in [-0.05, 0) is 37.5 Å². The predicted molar refractivity (Wildman–Crippen MR) is 95.1 cm³/mol. The minimum atomic E-state index is -3.61. The van der Waals surface area contributed by atoms with Crippen LogP contribution in [-0.2, 0) is 14.8 Å². The van der Waals surface area contributed by atoms with Crippen LogP contribution in [0.5, 0.6) is 0 Å². The van der Waals surface area contributed by atoms with Crippen LogP contribution in [0.4, 0.5) is 0 Å². The Kier molecular flexibility index (Phi) is 5.76. The predicted octanol–water partition coefficient (Wildman–Crippen LogP) is 2.08. The van der Waals surface area contributed by atoms with Crippen LogP contribution < -0.4 is 5.32 Å². The van der Waals surface area contributed by atoms with E-state index in [1.807, 2.05) is 0 Å². The lowest BCUT2D eigenvalue weighted by molar-refractivity contribution is 0.0730. The van der Waals surface area contributed by atoms with Crippen LogP contribution in [0, 0.1) is 6.92 Å². The highest BCUT2D eigenvalue weighted by molar-refractivity contribution is 7.89. The van der Waals surface area contributed by atoms with Gasteiger partial charge in [0.15, 0.2) is 0 Å². The van der Waals surface area contributed by atoms with Crippen LogP contribution >= 0.6 is 0 Å². The van der Waals surface area contributed by atoms with Crippen molar-refractivity contribution in [3.63, 3.8) is 0 Å². The number of benzene rings is 1. The Morgan fingerprint density at radius 2 is 1.84 bits per heavy atom. The molecule has 1 N–H and O–H groups in total. The number of morpholine rings is 1. The van der Waals surface area contributed by atoms with Gasteiger partial charge in [0.25, 0.3) is 5.91 Å². The van der Waals surface area contributed by atoms with Gasteiger partial charge in [-0.3, -0.25) is 4.79 Å². The number of sulfonamides is 1. The first-order chi connectivity index (χ1) is 12.0. The molecule has 1 aromatic carbocycles. The van der Waals surface area contributed by atoms with Crippen molar-refractivity contribution in [2.24, 2.45) is 0 Å². The van der Waals surface area contributed by atoms with E-state index in [0.29, 0.717) is 37.4 Å². The van der Waals surface area contributed by atoms with E-state index in [1.54, 1.807) is 19.1 Å². The Bertz CT molecular complexity index is 721. The molecule has 0 aromatic heterocycles. The zero-order valence-electron chi connectivity index (χ0n) is 14.7. The highest BCUT2D eigenvalue weighted by Crippen LogP contribution is 2.23. The third kappa shape index (κ3) is 4.22. The lowest BCUT2D eigenvalue weighted by atomic mass is 9.95. The maximum absolute atomic E-state index is 12.9. The van der Waals surface area contributed by atoms with E-state index < -0.39 is 10.0 Å². The maximum atomic E-state index is 12.9. The quantitative estimate of drug-likeness (QED) is 0.885. The van der Waals surface area contributed by atoms with Gasteiger partial charge in [-0.15, -0.1) is 0 Å². The fourth-order valence-corrected chi connectivity index (χ4v) is 5.12. The second-order valence-corrected chi connectivity index (χ2v) is 8.71. The number of nitrogens with zero attached hydrogens (tertiary/aromatic N) is 1. The molecule has 0 radical (unpaired) electrons. The monoisotopic (exact) mass is 366 g/mol. The number of carbonyl (C=O) groups excluding carboxylic acids is 1. The molecular formula is C18H26N2O4S. The summed E-state index contributed by atoms with van der Waals surface area (Å²) < 4.78 is 32.5. The highest BCUT2D eigenvalue weighted by Gasteiger charge is 2.28. The topological polar surface area (TPSA) is 75.7 Å². The molecule has 0 spiro atoms. The zero-order chi connectivity index (χ0) is 17.9. The Balaban J connectivity index is 1.81. The summed E-state index contributed by atoms with van der Waals surface area (Å²) in [6.07, 6.45) is 5.48. The minimum absolute atomic E-state index is 0.190. The van der Waals surface area contributed by atoms with Gasteiger partial charge in [-0.25, -0.2) is 8.42 Å². The normalized spacial score (nSPS) is 20.4. The summed E-state index contributed by atoms with van der Waals surface area (Å²) in [6.45, 7) is 3.26. The minimum Gasteiger partial charge on any atom is -0.379 e. The van der Waals surface area contributed by atoms with Crippen LogP contribution in [0.1, 0.15) is 48.0 Å². The van der Waals surface area contributed by atoms with Gasteiger partial charge in [-0.2, -0.15) is 4.31 Å². The molecule has 2 aliphatic rings. The molecule has 1 amide bonds. The van der Waals surface area contributed by atoms with Crippen LogP contribution in [0.15, 0.2) is 23.1 Å². The first kappa shape index (κ1) is 18.4. The van der Waals surface area contributed by atoms with Crippen molar-refractivity contribution in [3.8, 4) is 0 Å². The van der Waals surface area contributed by atoms with Gasteiger partial charge in [0.1, 0.15) is 0 Å². The van der Waals surface area contributed by atoms with E-state index in [-0.39, 0.29) is 16.8 Å². The number of ether oxygens (including phenoxy) is 1. The van der Waals surface area contributed by atoms with E-state index in [0.717, 1.165) is 25.7 Å². The molecule has 1 saturated carbocycles. The lowest BCUT2D eigenvalue weighted by Crippen LogP contribution is -2.41. The van der Waals surface area contributed by atoms with Gasteiger partial charge < -0.3 is 10.1 Å². The van der Waals surface area contributed by atoms with Crippen molar-refractivity contribution in [1.82, 2.24) is 9.62 Å². The smallest absolute Gasteiger partial charge is 0.251 e. The molecule has 1 heterocycles. The summed E-state index contributed by atoms with van der Waals surface area (Å²) in [5.41, 5.74) is 1.06. The van der Waals surface area contributed by atoms with Crippen molar-refractivity contribution in [2.45, 2.75) is 50.0 Å². The van der Waals surface area contributed by atoms with E-state index in [9.17, 15) is 13.2 Å². The Morgan fingerprint density at radius 1 is 1.16 bits per heavy atom. The molecule has 1 aliphatic carbocycles. The fourth-order valence-electron chi connectivity index (χ4n) is 3.46. The summed E-state index contributed by atoms with van der Waals surface area (Å²) in [6, 6.07) is 5.12. The first-order valence-electron chi connectivity index (χ1n) is 8.98. The molecule has 0 bridgehead atoms. The van der Waals surface area contributed by atoms with Crippen molar-refractivity contribution in [3.05, 3.63) is 29.3 Å². The number of rotatable bonds is 4. The number of nitrogens with one attached hydrogen (secondary N) is 1. The number of hydrogen-bond donors (Lipinski definition) is 1. The largest absolute Gasteiger partial charge is 0.379 e. The van der Waals surface area contributed by atoms with Gasteiger partial charge >= 0.3 is 0 Å². The maximum Gasteiger partial charge on any atom is 0.251 e. The average molecular weight is 366 g/mol. The zero-order valence-corrected chi connectivity index (χ0v) is 15.5. The highest BCUT2D eigenvalue weighted by atomic mass is 32.2. The molecule has 1 aromatic rings. The molecule has 7 heteroatoms. The molecule has 6 nitrogen and oxygen atoms in total. The average Bonchev–Trinajstić information content (AvgIpc) is 2.63. The van der Waals surface area contributed by atoms with Crippen molar-refractivity contribution in [2.75, 3.05) is 26.3 Å². The number of carbonyl (C=O) groups is 1. The fraction of sp³-hybridized carbons (Fsp3) is 0.611. The third-order valence-corrected chi connectivity index (χ3v) is 7.02. The molecule has 0 unspecified atom stereocenters. The number of hydrogen-bond acceptors (Lipinski definition) is 4. The molecule has 2 fully saturated rings. The van der Waals surface area contributed by atoms with Crippen LogP contribution in [-0.4, -0.2) is 51.0 Å². The van der Waals surface area contributed by atoms with Crippen molar-refractivity contribution in [1.29, 1.82) is 0 Å². The molecule has 3 rings (SSSR count). The number of amides is 1. The molecule has 1 saturated heterocycles. The van der Waals surface area contributed by atoms with Gasteiger partial charge in [-0.1, -0.05) is 25.3 Å². The van der Waals surface area contributed by atoms with Crippen LogP contribution in [0.25, 0.3) is 0 Å². The molecular weight excluding hydrogens is 340 g/mol. The van der Waals surface area contributed by atoms with Crippen molar-refractivity contribution < 1.29 is 17.9 Å². The molecule has 25 heavy (non-hydrogen) atoms. The molecule has 0 atom stereocenters. The van der Waals surface area contributed by atoms with Gasteiger partial charge in [0.2, 0.25) is 10.0 Å². The van der Waals surface area contributed by atoms with Crippen LogP contribution in [0.2, 0.25) is 0 Å². The van der Waals surface area contributed by atoms with Crippen LogP contribution in [0.3, 0.4) is 0 Å². The first-order valence-corrected chi connectivity index (χ1v) is 10.4. The second-order valence-electron chi connectivity index (χ2n) is 6.81. The van der Waals surface area contributed by atoms with E-state index in [2.05, 4.69) is 5.32 Å². The van der Waals surface area contributed by atoms with E-state index >= 15 is 0 Å². The van der Waals surface area contributed by atoms with Gasteiger partial charge in [0, 0.05) is 24.7 Å². The summed E-state index contributed by atoms with van der Waals surface area (Å²) in [7, 11) is -3.61. The summed E-state index contributed by atoms with van der Waals surface area (Å²) >= 11 is 0. The van der Waals surface area contributed by atoms with Gasteiger partial charge in [0.05, 0.1) is 18.1 Å². The van der Waals surface area contributed by atoms with E-state index in [1.165, 1.54) is 16.8 Å². The Morgan fingerprint density at radius 3 is 2.52 bits per heavy atom. The summed E-state index contributed by atoms with van der Waals surface area (Å²) in [5, 5.41) is 3.05.